The Bertz CT molecular complexity index is 2180. The molecule has 0 unspecified atom stereocenters. The molecule has 0 radical (unpaired) electrons. The minimum absolute atomic E-state index is 0.0944. The highest BCUT2D eigenvalue weighted by Gasteiger charge is 2.22. The van der Waals surface area contributed by atoms with Crippen LogP contribution in [-0.4, -0.2) is 51.6 Å². The molecule has 0 aliphatic rings. The van der Waals surface area contributed by atoms with Gasteiger partial charge in [-0.05, 0) is 60.2 Å². The number of carbonyl (C=O) groups is 2. The fraction of sp³-hybridized carbons (Fsp3) is 0.111. The third-order valence-electron chi connectivity index (χ3n) is 6.99. The van der Waals surface area contributed by atoms with Gasteiger partial charge in [-0.15, -0.1) is 0 Å². The Morgan fingerprint density at radius 1 is 0.830 bits per heavy atom. The van der Waals surface area contributed by atoms with Gasteiger partial charge in [-0.3, -0.25) is 4.79 Å². The predicted molar refractivity (Wildman–Crippen MR) is 176 cm³/mol. The number of nitrogens with one attached hydrogen (secondary N) is 1. The van der Waals surface area contributed by atoms with E-state index in [1.54, 1.807) is 0 Å². The van der Waals surface area contributed by atoms with Crippen LogP contribution in [0.3, 0.4) is 0 Å². The van der Waals surface area contributed by atoms with Crippen LogP contribution >= 0.6 is 0 Å². The number of nitrogens with two attached hydrogens (primary N) is 1. The van der Waals surface area contributed by atoms with Crippen molar-refractivity contribution in [3.63, 3.8) is 0 Å². The second-order valence-corrected chi connectivity index (χ2v) is 10.6. The number of benzene rings is 3. The fourth-order valence-electron chi connectivity index (χ4n) is 4.57. The maximum atomic E-state index is 15.1. The lowest BCUT2D eigenvalue weighted by atomic mass is 10.0. The first-order chi connectivity index (χ1) is 25.4. The number of nitrogen functional groups attached to an aromatic ring is 1. The molecule has 5 rings (SSSR count). The van der Waals surface area contributed by atoms with Crippen molar-refractivity contribution < 1.29 is 50.1 Å². The highest BCUT2D eigenvalue weighted by molar-refractivity contribution is 5.96. The largest absolute Gasteiger partial charge is 0.460 e. The third kappa shape index (κ3) is 10.5. The number of hydrogen-bond donors (Lipinski definition) is 2. The van der Waals surface area contributed by atoms with Crippen molar-refractivity contribution in [1.29, 1.82) is 0 Å². The zero-order chi connectivity index (χ0) is 37.9. The van der Waals surface area contributed by atoms with Gasteiger partial charge < -0.3 is 25.3 Å². The van der Waals surface area contributed by atoms with Crippen molar-refractivity contribution >= 4 is 29.7 Å². The third-order valence-corrected chi connectivity index (χ3v) is 6.99. The maximum absolute atomic E-state index is 15.1. The Hall–Kier alpha value is -6.96. The molecular formula is C36H24F6N6O5. The van der Waals surface area contributed by atoms with Crippen molar-refractivity contribution in [2.75, 3.05) is 12.3 Å². The van der Waals surface area contributed by atoms with Gasteiger partial charge in [0.15, 0.2) is 0 Å². The van der Waals surface area contributed by atoms with E-state index in [1.807, 2.05) is 0 Å². The normalized spacial score (nSPS) is 11.7. The van der Waals surface area contributed by atoms with Crippen molar-refractivity contribution in [2.24, 2.45) is 0 Å². The van der Waals surface area contributed by atoms with E-state index >= 15 is 4.39 Å². The second-order valence-electron chi connectivity index (χ2n) is 10.6. The molecule has 0 bridgehead atoms. The Labute approximate surface area is 296 Å². The van der Waals surface area contributed by atoms with Gasteiger partial charge in [0.05, 0.1) is 22.7 Å². The number of amides is 1. The van der Waals surface area contributed by atoms with Crippen molar-refractivity contribution in [2.45, 2.75) is 19.3 Å². The van der Waals surface area contributed by atoms with E-state index in [9.17, 15) is 31.5 Å². The fourth-order valence-corrected chi connectivity index (χ4v) is 4.57. The monoisotopic (exact) mass is 734 g/mol. The van der Waals surface area contributed by atoms with Crippen molar-refractivity contribution in [1.82, 2.24) is 25.3 Å². The van der Waals surface area contributed by atoms with E-state index in [4.69, 9.17) is 10.5 Å². The summed E-state index contributed by atoms with van der Waals surface area (Å²) in [5.41, 5.74) is 5.12. The lowest BCUT2D eigenvalue weighted by molar-refractivity contribution is -0.0506. The molecule has 0 saturated heterocycles. The van der Waals surface area contributed by atoms with E-state index in [0.717, 1.165) is 67.0 Å². The molecule has 0 aliphatic heterocycles. The van der Waals surface area contributed by atoms with Crippen molar-refractivity contribution in [3.8, 4) is 23.3 Å². The van der Waals surface area contributed by atoms with E-state index < -0.39 is 55.1 Å². The molecular weight excluding hydrogens is 710 g/mol. The smallest absolute Gasteiger partial charge is 0.387 e. The van der Waals surface area contributed by atoms with Crippen LogP contribution in [0.15, 0.2) is 91.8 Å². The van der Waals surface area contributed by atoms with Gasteiger partial charge in [0.25, 0.3) is 5.91 Å². The number of aromatic nitrogens is 4. The SMILES string of the molecule is Nc1ncc(/C(F)=C/c2cc(C(=O)N[C@H](COC(=O)c3ccc(OC(F)F)c(C#Cc4cncnc4)c3)c3cccc(F)c3)ccc2OC(F)F)cn1. The molecule has 3 N–H and O–H groups in total. The molecule has 17 heteroatoms. The van der Waals surface area contributed by atoms with Crippen molar-refractivity contribution in [3.05, 3.63) is 137 Å². The summed E-state index contributed by atoms with van der Waals surface area (Å²) in [6, 6.07) is 10.4. The number of carbonyl (C=O) groups excluding carboxylic acids is 2. The molecule has 0 fully saturated rings. The van der Waals surface area contributed by atoms with Crippen LogP contribution in [0.1, 0.15) is 54.6 Å². The predicted octanol–water partition coefficient (Wildman–Crippen LogP) is 6.39. The molecule has 53 heavy (non-hydrogen) atoms. The van der Waals surface area contributed by atoms with Gasteiger partial charge in [-0.1, -0.05) is 24.0 Å². The van der Waals surface area contributed by atoms with Gasteiger partial charge >= 0.3 is 19.2 Å². The summed E-state index contributed by atoms with van der Waals surface area (Å²) in [7, 11) is 0. The summed E-state index contributed by atoms with van der Waals surface area (Å²) in [6.45, 7) is -7.05. The Balaban J connectivity index is 1.40. The zero-order valence-electron chi connectivity index (χ0n) is 26.9. The number of nitrogens with zero attached hydrogens (tertiary/aromatic N) is 4. The maximum Gasteiger partial charge on any atom is 0.387 e. The lowest BCUT2D eigenvalue weighted by Crippen LogP contribution is -2.32. The molecule has 0 spiro atoms. The molecule has 11 nitrogen and oxygen atoms in total. The number of esters is 1. The minimum Gasteiger partial charge on any atom is -0.460 e. The van der Waals surface area contributed by atoms with Gasteiger partial charge in [0.1, 0.15) is 36.1 Å². The van der Waals surface area contributed by atoms with Crippen LogP contribution < -0.4 is 20.5 Å². The van der Waals surface area contributed by atoms with Crippen LogP contribution in [0.4, 0.5) is 32.3 Å². The summed E-state index contributed by atoms with van der Waals surface area (Å²) in [6.07, 6.45) is 6.96. The number of hydrogen-bond acceptors (Lipinski definition) is 10. The Morgan fingerprint density at radius 3 is 2.21 bits per heavy atom. The first kappa shape index (κ1) is 37.3. The van der Waals surface area contributed by atoms with Crippen LogP contribution in [0, 0.1) is 17.7 Å². The van der Waals surface area contributed by atoms with Gasteiger partial charge in [-0.25, -0.2) is 33.5 Å². The summed E-state index contributed by atoms with van der Waals surface area (Å²) in [5.74, 6) is 0.893. The zero-order valence-corrected chi connectivity index (χ0v) is 26.9. The standard InChI is InChI=1S/C36H24F6N6O5/c37-27-3-1-2-21(12-27)29(18-51-33(50)24-7-9-30(52-34(39)40)22(10-24)5-4-20-14-44-19-45-15-20)48-32(49)23-6-8-31(53-35(41)42)25(11-23)13-28(38)26-16-46-36(43)47-17-26/h1-3,6-17,19,29,34-35H,18H2,(H,48,49)(H2,43,46,47)/b28-13-/t29-/m1/s1. The van der Waals surface area contributed by atoms with Gasteiger partial charge in [0, 0.05) is 41.5 Å². The van der Waals surface area contributed by atoms with E-state index in [1.165, 1.54) is 30.9 Å². The van der Waals surface area contributed by atoms with E-state index in [0.29, 0.717) is 5.56 Å². The first-order valence-corrected chi connectivity index (χ1v) is 15.1. The first-order valence-electron chi connectivity index (χ1n) is 15.1. The summed E-state index contributed by atoms with van der Waals surface area (Å²) in [4.78, 5) is 41.6. The number of rotatable bonds is 12. The molecule has 270 valence electrons. The topological polar surface area (TPSA) is 151 Å². The number of ether oxygens (including phenoxy) is 3. The van der Waals surface area contributed by atoms with Gasteiger partial charge in [-0.2, -0.15) is 17.6 Å². The average Bonchev–Trinajstić information content (AvgIpc) is 3.13. The quantitative estimate of drug-likeness (QED) is 0.0839. The van der Waals surface area contributed by atoms with E-state index in [2.05, 4.69) is 46.6 Å². The van der Waals surface area contributed by atoms with Crippen LogP contribution in [0.25, 0.3) is 11.9 Å². The second kappa shape index (κ2) is 17.3. The summed E-state index contributed by atoms with van der Waals surface area (Å²) >= 11 is 0. The number of halogens is 6. The van der Waals surface area contributed by atoms with Gasteiger partial charge in [0.2, 0.25) is 5.95 Å². The van der Waals surface area contributed by atoms with E-state index in [-0.39, 0.29) is 45.1 Å². The lowest BCUT2D eigenvalue weighted by Gasteiger charge is -2.20. The molecule has 1 amide bonds. The highest BCUT2D eigenvalue weighted by atomic mass is 19.3. The van der Waals surface area contributed by atoms with Crippen LogP contribution in [0.2, 0.25) is 0 Å². The molecule has 3 aromatic carbocycles. The highest BCUT2D eigenvalue weighted by Crippen LogP contribution is 2.29. The summed E-state index contributed by atoms with van der Waals surface area (Å²) < 4.78 is 96.3. The minimum atomic E-state index is -3.29. The Morgan fingerprint density at radius 2 is 1.51 bits per heavy atom. The number of alkyl halides is 4. The molecule has 2 aromatic heterocycles. The van der Waals surface area contributed by atoms with Crippen LogP contribution in [-0.2, 0) is 4.74 Å². The molecule has 2 heterocycles. The molecule has 1 atom stereocenters. The molecule has 0 aliphatic carbocycles. The molecule has 0 saturated carbocycles. The number of anilines is 1. The molecule has 5 aromatic rings. The Kier molecular flexibility index (Phi) is 12.2. The van der Waals surface area contributed by atoms with Crippen LogP contribution in [0.5, 0.6) is 11.5 Å². The summed E-state index contributed by atoms with van der Waals surface area (Å²) in [5, 5.41) is 2.59. The average molecular weight is 735 g/mol.